The van der Waals surface area contributed by atoms with Crippen LogP contribution in [0.1, 0.15) is 0 Å². The summed E-state index contributed by atoms with van der Waals surface area (Å²) in [7, 11) is 0. The first-order valence-electron chi connectivity index (χ1n) is 5.87. The van der Waals surface area contributed by atoms with Gasteiger partial charge in [-0.05, 0) is 18.2 Å². The molecule has 1 aliphatic heterocycles. The van der Waals surface area contributed by atoms with Gasteiger partial charge in [0, 0.05) is 0 Å². The Bertz CT molecular complexity index is 498. The summed E-state index contributed by atoms with van der Waals surface area (Å²) >= 11 is 0. The molecule has 0 bridgehead atoms. The molecule has 1 fully saturated rings. The molecule has 1 saturated heterocycles. The molecule has 0 saturated carbocycles. The quantitative estimate of drug-likeness (QED) is 0.696. The van der Waals surface area contributed by atoms with E-state index in [-0.39, 0.29) is 13.3 Å². The van der Waals surface area contributed by atoms with Gasteiger partial charge < -0.3 is 10.0 Å². The van der Waals surface area contributed by atoms with Crippen LogP contribution in [-0.4, -0.2) is 63.0 Å². The van der Waals surface area contributed by atoms with Crippen LogP contribution in [0.3, 0.4) is 0 Å². The third-order valence-electron chi connectivity index (χ3n) is 2.86. The van der Waals surface area contributed by atoms with E-state index in [1.54, 1.807) is 0 Å². The van der Waals surface area contributed by atoms with Gasteiger partial charge in [0.1, 0.15) is 13.3 Å². The second-order valence-electron chi connectivity index (χ2n) is 4.10. The number of nitrogens with zero attached hydrogens (tertiary/aromatic N) is 3. The first-order valence-corrected chi connectivity index (χ1v) is 5.87. The third kappa shape index (κ3) is 3.16. The Labute approximate surface area is 121 Å². The summed E-state index contributed by atoms with van der Waals surface area (Å²) in [5.74, 6) is -3.37. The number of aliphatic carboxylic acids is 1. The highest BCUT2D eigenvalue weighted by molar-refractivity contribution is 5.96. The van der Waals surface area contributed by atoms with Gasteiger partial charge in [-0.3, -0.25) is 24.2 Å². The predicted octanol–water partition coefficient (Wildman–Crippen LogP) is -0.630. The van der Waals surface area contributed by atoms with Gasteiger partial charge in [-0.15, -0.1) is 0 Å². The van der Waals surface area contributed by atoms with Gasteiger partial charge in [-0.2, -0.15) is 0 Å². The minimum atomic E-state index is -1.53. The van der Waals surface area contributed by atoms with Crippen LogP contribution >= 0.6 is 0 Å². The molecule has 1 N–H and O–H groups in total. The van der Waals surface area contributed by atoms with E-state index in [0.717, 1.165) is 32.9 Å². The third-order valence-corrected chi connectivity index (χ3v) is 2.86. The van der Waals surface area contributed by atoms with Crippen LogP contribution in [0.5, 0.6) is 0 Å². The van der Waals surface area contributed by atoms with Crippen molar-refractivity contribution in [2.24, 2.45) is 0 Å². The molecule has 0 aromatic carbocycles. The molecule has 0 unspecified atom stereocenters. The van der Waals surface area contributed by atoms with E-state index in [2.05, 4.69) is 19.7 Å². The van der Waals surface area contributed by atoms with Crippen LogP contribution in [-0.2, 0) is 19.2 Å². The molecule has 1 heterocycles. The molecule has 0 aromatic heterocycles. The summed E-state index contributed by atoms with van der Waals surface area (Å²) in [4.78, 5) is 49.5. The van der Waals surface area contributed by atoms with Crippen molar-refractivity contribution in [3.63, 3.8) is 0 Å². The fourth-order valence-electron chi connectivity index (χ4n) is 1.89. The molecule has 0 aliphatic carbocycles. The number of carboxylic acid groups (broad SMARTS) is 1. The van der Waals surface area contributed by atoms with Gasteiger partial charge in [0.25, 0.3) is 0 Å². The summed E-state index contributed by atoms with van der Waals surface area (Å²) < 4.78 is 0. The van der Waals surface area contributed by atoms with Crippen LogP contribution < -0.4 is 0 Å². The number of carboxylic acids is 1. The molecule has 0 radical (unpaired) electrons. The summed E-state index contributed by atoms with van der Waals surface area (Å²) in [6, 6.07) is 0. The first kappa shape index (κ1) is 16.2. The smallest absolute Gasteiger partial charge is 0.347 e. The molecule has 0 atom stereocenters. The normalized spacial score (nSPS) is 15.3. The molecule has 8 heteroatoms. The van der Waals surface area contributed by atoms with Crippen LogP contribution in [0, 0.1) is 0 Å². The summed E-state index contributed by atoms with van der Waals surface area (Å²) in [6.07, 6.45) is 1.30. The Morgan fingerprint density at radius 3 is 1.52 bits per heavy atom. The minimum Gasteiger partial charge on any atom is -0.478 e. The molecule has 0 aromatic rings. The van der Waals surface area contributed by atoms with Crippen molar-refractivity contribution < 1.29 is 24.3 Å². The van der Waals surface area contributed by atoms with Crippen molar-refractivity contribution in [1.29, 1.82) is 0 Å². The average molecular weight is 293 g/mol. The van der Waals surface area contributed by atoms with Gasteiger partial charge in [-0.1, -0.05) is 19.7 Å². The number of carbonyl (C=O) groups excluding carboxylic acids is 3. The van der Waals surface area contributed by atoms with Gasteiger partial charge in [0.05, 0.1) is 0 Å². The lowest BCUT2D eigenvalue weighted by atomic mass is 10.2. The number of hydrogen-bond donors (Lipinski definition) is 1. The number of amides is 3. The number of rotatable bonds is 4. The Morgan fingerprint density at radius 1 is 0.857 bits per heavy atom. The van der Waals surface area contributed by atoms with Crippen molar-refractivity contribution in [2.75, 3.05) is 13.3 Å². The maximum atomic E-state index is 11.8. The van der Waals surface area contributed by atoms with Crippen molar-refractivity contribution >= 4 is 23.7 Å². The van der Waals surface area contributed by atoms with Crippen LogP contribution in [0.25, 0.3) is 0 Å². The molecular formula is C13H15N3O5. The molecule has 8 nitrogen and oxygen atoms in total. The summed E-state index contributed by atoms with van der Waals surface area (Å²) in [5.41, 5.74) is 0. The summed E-state index contributed by atoms with van der Waals surface area (Å²) in [6.45, 7) is 9.30. The zero-order valence-corrected chi connectivity index (χ0v) is 11.3. The zero-order chi connectivity index (χ0) is 16.2. The molecule has 3 amide bonds. The second-order valence-corrected chi connectivity index (χ2v) is 4.10. The molecular weight excluding hydrogens is 278 g/mol. The van der Waals surface area contributed by atoms with Crippen molar-refractivity contribution in [3.05, 3.63) is 38.0 Å². The van der Waals surface area contributed by atoms with Crippen molar-refractivity contribution in [1.82, 2.24) is 14.7 Å². The van der Waals surface area contributed by atoms with E-state index in [4.69, 9.17) is 0 Å². The van der Waals surface area contributed by atoms with Gasteiger partial charge in [-0.25, -0.2) is 4.79 Å². The minimum absolute atomic E-state index is 0.284. The van der Waals surface area contributed by atoms with E-state index in [0.29, 0.717) is 0 Å². The van der Waals surface area contributed by atoms with Crippen LogP contribution in [0.2, 0.25) is 0 Å². The topological polar surface area (TPSA) is 98.2 Å². The van der Waals surface area contributed by atoms with Gasteiger partial charge in [0.15, 0.2) is 0 Å². The molecule has 1 aliphatic rings. The fourth-order valence-corrected chi connectivity index (χ4v) is 1.89. The van der Waals surface area contributed by atoms with Crippen molar-refractivity contribution in [3.8, 4) is 0 Å². The Hall–Kier alpha value is -2.90. The highest BCUT2D eigenvalue weighted by Crippen LogP contribution is 2.17. The highest BCUT2D eigenvalue weighted by Gasteiger charge is 2.42. The fraction of sp³-hybridized carbons (Fsp3) is 0.231. The lowest BCUT2D eigenvalue weighted by molar-refractivity contribution is -0.177. The first-order chi connectivity index (χ1) is 9.87. The van der Waals surface area contributed by atoms with E-state index in [1.165, 1.54) is 0 Å². The Morgan fingerprint density at radius 2 is 1.24 bits per heavy atom. The number of carbonyl (C=O) groups is 4. The Balaban J connectivity index is 3.26. The maximum absolute atomic E-state index is 11.8. The zero-order valence-electron chi connectivity index (χ0n) is 11.3. The van der Waals surface area contributed by atoms with Gasteiger partial charge >= 0.3 is 5.97 Å². The second kappa shape index (κ2) is 6.51. The molecule has 0 spiro atoms. The predicted molar refractivity (Wildman–Crippen MR) is 72.3 cm³/mol. The highest BCUT2D eigenvalue weighted by atomic mass is 16.4. The largest absolute Gasteiger partial charge is 0.478 e. The molecule has 21 heavy (non-hydrogen) atoms. The van der Waals surface area contributed by atoms with Crippen LogP contribution in [0.4, 0.5) is 0 Å². The van der Waals surface area contributed by atoms with E-state index in [9.17, 15) is 24.3 Å². The van der Waals surface area contributed by atoms with Crippen LogP contribution in [0.15, 0.2) is 38.0 Å². The maximum Gasteiger partial charge on any atom is 0.347 e. The lowest BCUT2D eigenvalue weighted by Crippen LogP contribution is -2.67. The average Bonchev–Trinajstić information content (AvgIpc) is 2.50. The standard InChI is InChI=1S/C13H15N3O5/c1-4-9(17)14-7-15(10(18)5-2)12(13(20)21)16(8-14)11(19)6-3/h4-6,12H,1-3,7-8H2,(H,20,21). The summed E-state index contributed by atoms with van der Waals surface area (Å²) in [5, 5.41) is 9.27. The Kier molecular flexibility index (Phi) is 5.01. The van der Waals surface area contributed by atoms with Crippen molar-refractivity contribution in [2.45, 2.75) is 6.17 Å². The van der Waals surface area contributed by atoms with Gasteiger partial charge in [0.2, 0.25) is 23.9 Å². The van der Waals surface area contributed by atoms with E-state index in [1.807, 2.05) is 0 Å². The number of hydrogen-bond acceptors (Lipinski definition) is 4. The monoisotopic (exact) mass is 293 g/mol. The van der Waals surface area contributed by atoms with E-state index >= 15 is 0 Å². The molecule has 1 rings (SSSR count). The molecule has 112 valence electrons. The lowest BCUT2D eigenvalue weighted by Gasteiger charge is -2.45. The SMILES string of the molecule is C=CC(=O)N1CN(C(=O)C=C)C(C(=O)O)N(C(=O)C=C)C1. The van der Waals surface area contributed by atoms with E-state index < -0.39 is 29.9 Å².